The Morgan fingerprint density at radius 2 is 2.12 bits per heavy atom. The van der Waals surface area contributed by atoms with E-state index < -0.39 is 0 Å². The molecule has 1 amide bonds. The van der Waals surface area contributed by atoms with Gasteiger partial charge in [0.1, 0.15) is 16.7 Å². The lowest BCUT2D eigenvalue weighted by Gasteiger charge is -2.24. The number of nitrogens with zero attached hydrogens (tertiary/aromatic N) is 4. The highest BCUT2D eigenvalue weighted by molar-refractivity contribution is 9.10. The second-order valence-electron chi connectivity index (χ2n) is 3.91. The van der Waals surface area contributed by atoms with E-state index in [9.17, 15) is 4.79 Å². The molecule has 0 radical (unpaired) electrons. The number of hydrogen-bond acceptors (Lipinski definition) is 4. The molecular formula is C11H17BrN4O. The van der Waals surface area contributed by atoms with Crippen molar-refractivity contribution in [2.45, 2.75) is 13.3 Å². The quantitative estimate of drug-likeness (QED) is 0.774. The molecule has 5 nitrogen and oxygen atoms in total. The minimum atomic E-state index is 0.0631. The smallest absolute Gasteiger partial charge is 0.241 e. The van der Waals surface area contributed by atoms with E-state index in [4.69, 9.17) is 0 Å². The van der Waals surface area contributed by atoms with Gasteiger partial charge in [-0.05, 0) is 22.4 Å². The predicted molar refractivity (Wildman–Crippen MR) is 70.9 cm³/mol. The minimum Gasteiger partial charge on any atom is -0.347 e. The Bertz CT molecular complexity index is 383. The Balaban J connectivity index is 2.82. The first-order valence-electron chi connectivity index (χ1n) is 5.47. The van der Waals surface area contributed by atoms with Crippen LogP contribution in [0.1, 0.15) is 13.3 Å². The molecule has 0 aliphatic carbocycles. The lowest BCUT2D eigenvalue weighted by atomic mass is 10.3. The normalized spacial score (nSPS) is 10.1. The third-order valence-electron chi connectivity index (χ3n) is 2.26. The van der Waals surface area contributed by atoms with E-state index in [0.717, 1.165) is 23.4 Å². The summed E-state index contributed by atoms with van der Waals surface area (Å²) >= 11 is 3.30. The van der Waals surface area contributed by atoms with Crippen LogP contribution in [0.25, 0.3) is 0 Å². The van der Waals surface area contributed by atoms with Crippen molar-refractivity contribution < 1.29 is 4.79 Å². The van der Waals surface area contributed by atoms with Gasteiger partial charge >= 0.3 is 0 Å². The number of carbonyl (C=O) groups excluding carboxylic acids is 1. The van der Waals surface area contributed by atoms with Crippen LogP contribution in [0, 0.1) is 0 Å². The second kappa shape index (κ2) is 6.54. The van der Waals surface area contributed by atoms with E-state index >= 15 is 0 Å². The molecule has 0 atom stereocenters. The van der Waals surface area contributed by atoms with Gasteiger partial charge in [-0.2, -0.15) is 0 Å². The molecule has 17 heavy (non-hydrogen) atoms. The molecule has 6 heteroatoms. The van der Waals surface area contributed by atoms with E-state index in [0.29, 0.717) is 6.54 Å². The van der Waals surface area contributed by atoms with Crippen LogP contribution in [0.4, 0.5) is 5.82 Å². The maximum Gasteiger partial charge on any atom is 0.241 e. The summed E-state index contributed by atoms with van der Waals surface area (Å²) in [7, 11) is 3.50. The van der Waals surface area contributed by atoms with E-state index in [1.807, 2.05) is 11.0 Å². The average molecular weight is 301 g/mol. The summed E-state index contributed by atoms with van der Waals surface area (Å²) in [4.78, 5) is 23.4. The summed E-state index contributed by atoms with van der Waals surface area (Å²) < 4.78 is 0.723. The maximum absolute atomic E-state index is 11.7. The number of rotatable bonds is 5. The third-order valence-corrected chi connectivity index (χ3v) is 2.70. The van der Waals surface area contributed by atoms with Crippen molar-refractivity contribution in [3.05, 3.63) is 17.0 Å². The van der Waals surface area contributed by atoms with Crippen LogP contribution in [0.5, 0.6) is 0 Å². The van der Waals surface area contributed by atoms with Crippen LogP contribution in [-0.4, -0.2) is 48.0 Å². The van der Waals surface area contributed by atoms with Crippen LogP contribution in [-0.2, 0) is 4.79 Å². The van der Waals surface area contributed by atoms with Crippen molar-refractivity contribution in [2.24, 2.45) is 0 Å². The Kier molecular flexibility index (Phi) is 5.34. The topological polar surface area (TPSA) is 49.3 Å². The molecular weight excluding hydrogens is 284 g/mol. The molecule has 0 saturated heterocycles. The maximum atomic E-state index is 11.7. The largest absolute Gasteiger partial charge is 0.347 e. The third kappa shape index (κ3) is 4.30. The van der Waals surface area contributed by atoms with Crippen LogP contribution in [0.3, 0.4) is 0 Å². The summed E-state index contributed by atoms with van der Waals surface area (Å²) in [5.74, 6) is 0.831. The van der Waals surface area contributed by atoms with E-state index in [-0.39, 0.29) is 5.91 Å². The molecule has 0 aliphatic heterocycles. The highest BCUT2D eigenvalue weighted by Crippen LogP contribution is 2.14. The minimum absolute atomic E-state index is 0.0631. The van der Waals surface area contributed by atoms with Crippen molar-refractivity contribution in [3.63, 3.8) is 0 Å². The molecule has 0 bridgehead atoms. The Labute approximate surface area is 110 Å². The Morgan fingerprint density at radius 3 is 2.65 bits per heavy atom. The molecule has 1 rings (SSSR count). The summed E-state index contributed by atoms with van der Waals surface area (Å²) in [6.07, 6.45) is 2.45. The zero-order valence-electron chi connectivity index (χ0n) is 10.4. The van der Waals surface area contributed by atoms with Crippen LogP contribution < -0.4 is 4.90 Å². The molecule has 0 spiro atoms. The van der Waals surface area contributed by atoms with Crippen molar-refractivity contribution >= 4 is 27.7 Å². The molecule has 1 aromatic rings. The fourth-order valence-electron chi connectivity index (χ4n) is 1.35. The lowest BCUT2D eigenvalue weighted by molar-refractivity contribution is -0.127. The number of carbonyl (C=O) groups is 1. The number of anilines is 1. The second-order valence-corrected chi connectivity index (χ2v) is 4.72. The molecule has 94 valence electrons. The zero-order chi connectivity index (χ0) is 12.8. The van der Waals surface area contributed by atoms with Gasteiger partial charge in [-0.25, -0.2) is 9.97 Å². The van der Waals surface area contributed by atoms with Crippen molar-refractivity contribution in [1.29, 1.82) is 0 Å². The van der Waals surface area contributed by atoms with Crippen molar-refractivity contribution in [3.8, 4) is 0 Å². The van der Waals surface area contributed by atoms with Gasteiger partial charge in [0, 0.05) is 26.7 Å². The van der Waals surface area contributed by atoms with Gasteiger partial charge in [0.15, 0.2) is 0 Å². The number of amides is 1. The SMILES string of the molecule is CCCN(CC(=O)N(C)C)c1cc(Br)ncn1. The summed E-state index contributed by atoms with van der Waals surface area (Å²) in [5.41, 5.74) is 0. The molecule has 1 heterocycles. The highest BCUT2D eigenvalue weighted by atomic mass is 79.9. The van der Waals surface area contributed by atoms with E-state index in [1.165, 1.54) is 6.33 Å². The van der Waals surface area contributed by atoms with Gasteiger partial charge in [-0.3, -0.25) is 4.79 Å². The monoisotopic (exact) mass is 300 g/mol. The summed E-state index contributed by atoms with van der Waals surface area (Å²) in [5, 5.41) is 0. The van der Waals surface area contributed by atoms with Crippen molar-refractivity contribution in [2.75, 3.05) is 32.1 Å². The standard InChI is InChI=1S/C11H17BrN4O/c1-4-5-16(7-11(17)15(2)3)10-6-9(12)13-8-14-10/h6,8H,4-5,7H2,1-3H3. The first-order chi connectivity index (χ1) is 8.04. The molecule has 0 aromatic carbocycles. The van der Waals surface area contributed by atoms with Crippen LogP contribution >= 0.6 is 15.9 Å². The van der Waals surface area contributed by atoms with Crippen LogP contribution in [0.2, 0.25) is 0 Å². The fourth-order valence-corrected chi connectivity index (χ4v) is 1.64. The predicted octanol–water partition coefficient (Wildman–Crippen LogP) is 1.54. The zero-order valence-corrected chi connectivity index (χ0v) is 11.9. The van der Waals surface area contributed by atoms with Gasteiger partial charge in [-0.15, -0.1) is 0 Å². The van der Waals surface area contributed by atoms with E-state index in [2.05, 4.69) is 32.8 Å². The molecule has 0 aliphatic rings. The Morgan fingerprint density at radius 1 is 1.41 bits per heavy atom. The van der Waals surface area contributed by atoms with Gasteiger partial charge in [-0.1, -0.05) is 6.92 Å². The fraction of sp³-hybridized carbons (Fsp3) is 0.545. The molecule has 0 fully saturated rings. The number of aromatic nitrogens is 2. The first-order valence-corrected chi connectivity index (χ1v) is 6.26. The number of likely N-dealkylation sites (N-methyl/N-ethyl adjacent to an activating group) is 1. The molecule has 0 unspecified atom stereocenters. The molecule has 1 aromatic heterocycles. The van der Waals surface area contributed by atoms with Crippen LogP contribution in [0.15, 0.2) is 17.0 Å². The highest BCUT2D eigenvalue weighted by Gasteiger charge is 2.13. The summed E-state index contributed by atoms with van der Waals surface area (Å²) in [6.45, 7) is 3.21. The average Bonchev–Trinajstić information content (AvgIpc) is 2.28. The molecule has 0 saturated carbocycles. The van der Waals surface area contributed by atoms with Gasteiger partial charge < -0.3 is 9.80 Å². The number of halogens is 1. The van der Waals surface area contributed by atoms with Crippen molar-refractivity contribution in [1.82, 2.24) is 14.9 Å². The first kappa shape index (κ1) is 13.9. The van der Waals surface area contributed by atoms with Gasteiger partial charge in [0.25, 0.3) is 0 Å². The van der Waals surface area contributed by atoms with Gasteiger partial charge in [0.05, 0.1) is 6.54 Å². The Hall–Kier alpha value is -1.17. The number of hydrogen-bond donors (Lipinski definition) is 0. The van der Waals surface area contributed by atoms with E-state index in [1.54, 1.807) is 19.0 Å². The summed E-state index contributed by atoms with van der Waals surface area (Å²) in [6, 6.07) is 1.82. The lowest BCUT2D eigenvalue weighted by Crippen LogP contribution is -2.37. The van der Waals surface area contributed by atoms with Gasteiger partial charge in [0.2, 0.25) is 5.91 Å². The molecule has 0 N–H and O–H groups in total.